The van der Waals surface area contributed by atoms with Crippen LogP contribution in [0.1, 0.15) is 45.2 Å². The van der Waals surface area contributed by atoms with Crippen LogP contribution in [0, 0.1) is 0 Å². The molecule has 8 heteroatoms. The van der Waals surface area contributed by atoms with Crippen molar-refractivity contribution in [2.45, 2.75) is 46.2 Å². The van der Waals surface area contributed by atoms with E-state index in [1.165, 1.54) is 23.9 Å². The number of aromatic nitrogens is 2. The molecule has 29 heavy (non-hydrogen) atoms. The Hall–Kier alpha value is -3.03. The van der Waals surface area contributed by atoms with E-state index >= 15 is 0 Å². The Labute approximate surface area is 170 Å². The number of carbonyl (C=O) groups excluding carboxylic acids is 1. The maximum absolute atomic E-state index is 12.4. The Morgan fingerprint density at radius 3 is 2.38 bits per heavy atom. The molecule has 1 amide bonds. The number of hydrogen-bond donors (Lipinski definition) is 1. The predicted octanol–water partition coefficient (Wildman–Crippen LogP) is 2.00. The molecule has 0 saturated carbocycles. The lowest BCUT2D eigenvalue weighted by atomic mass is 10.1. The van der Waals surface area contributed by atoms with Gasteiger partial charge in [-0.1, -0.05) is 19.9 Å². The highest BCUT2D eigenvalue weighted by atomic mass is 16.5. The highest BCUT2D eigenvalue weighted by molar-refractivity contribution is 5.76. The van der Waals surface area contributed by atoms with Crippen molar-refractivity contribution in [3.05, 3.63) is 56.9 Å². The average Bonchev–Trinajstić information content (AvgIpc) is 2.71. The van der Waals surface area contributed by atoms with Crippen LogP contribution in [0.5, 0.6) is 11.5 Å². The van der Waals surface area contributed by atoms with Crippen LogP contribution in [0.15, 0.2) is 40.1 Å². The topological polar surface area (TPSA) is 91.6 Å². The molecule has 1 N–H and O–H groups in total. The minimum Gasteiger partial charge on any atom is -0.490 e. The minimum absolute atomic E-state index is 0.172. The van der Waals surface area contributed by atoms with Crippen molar-refractivity contribution in [3.63, 3.8) is 0 Å². The summed E-state index contributed by atoms with van der Waals surface area (Å²) in [5.74, 6) is 0.994. The summed E-state index contributed by atoms with van der Waals surface area (Å²) < 4.78 is 13.7. The minimum atomic E-state index is -0.534. The molecule has 0 bridgehead atoms. The molecule has 1 atom stereocenters. The van der Waals surface area contributed by atoms with Crippen molar-refractivity contribution >= 4 is 5.91 Å². The van der Waals surface area contributed by atoms with Crippen LogP contribution in [0.3, 0.4) is 0 Å². The zero-order chi connectivity index (χ0) is 21.4. The summed E-state index contributed by atoms with van der Waals surface area (Å²) in [7, 11) is 1.38. The standard InChI is InChI=1S/C21H29N3O5/c1-5-11-28-17-8-7-16(13-18(17)29-12-6-2)15(3)22-19(25)14-24-10-9-20(26)23(4)21(24)27/h7-10,13,15H,5-6,11-12,14H2,1-4H3,(H,22,25). The first-order chi connectivity index (χ1) is 13.9. The summed E-state index contributed by atoms with van der Waals surface area (Å²) >= 11 is 0. The summed E-state index contributed by atoms with van der Waals surface area (Å²) in [5.41, 5.74) is -0.0842. The monoisotopic (exact) mass is 403 g/mol. The van der Waals surface area contributed by atoms with E-state index in [1.807, 2.05) is 39.0 Å². The number of benzene rings is 1. The van der Waals surface area contributed by atoms with Crippen LogP contribution in [0.2, 0.25) is 0 Å². The van der Waals surface area contributed by atoms with E-state index in [9.17, 15) is 14.4 Å². The Kier molecular flexibility index (Phi) is 8.06. The third-order valence-corrected chi connectivity index (χ3v) is 4.34. The summed E-state index contributed by atoms with van der Waals surface area (Å²) in [4.78, 5) is 35.9. The van der Waals surface area contributed by atoms with Gasteiger partial charge < -0.3 is 14.8 Å². The van der Waals surface area contributed by atoms with E-state index in [0.717, 1.165) is 23.0 Å². The zero-order valence-corrected chi connectivity index (χ0v) is 17.4. The van der Waals surface area contributed by atoms with Crippen molar-refractivity contribution in [1.29, 1.82) is 0 Å². The van der Waals surface area contributed by atoms with Crippen molar-refractivity contribution < 1.29 is 14.3 Å². The maximum Gasteiger partial charge on any atom is 0.331 e. The molecular formula is C21H29N3O5. The fraction of sp³-hybridized carbons (Fsp3) is 0.476. The van der Waals surface area contributed by atoms with E-state index in [0.29, 0.717) is 24.7 Å². The van der Waals surface area contributed by atoms with E-state index in [2.05, 4.69) is 5.32 Å². The summed E-state index contributed by atoms with van der Waals surface area (Å²) in [6.07, 6.45) is 3.09. The maximum atomic E-state index is 12.4. The van der Waals surface area contributed by atoms with Gasteiger partial charge >= 0.3 is 5.69 Å². The molecule has 0 saturated heterocycles. The van der Waals surface area contributed by atoms with E-state index in [4.69, 9.17) is 9.47 Å². The second kappa shape index (κ2) is 10.5. The van der Waals surface area contributed by atoms with Gasteiger partial charge in [0.25, 0.3) is 5.56 Å². The van der Waals surface area contributed by atoms with Crippen molar-refractivity contribution in [2.24, 2.45) is 7.05 Å². The highest BCUT2D eigenvalue weighted by Crippen LogP contribution is 2.31. The van der Waals surface area contributed by atoms with Crippen molar-refractivity contribution in [2.75, 3.05) is 13.2 Å². The number of amides is 1. The third kappa shape index (κ3) is 5.97. The molecule has 0 aliphatic rings. The van der Waals surface area contributed by atoms with Gasteiger partial charge in [-0.15, -0.1) is 0 Å². The molecule has 8 nitrogen and oxygen atoms in total. The van der Waals surface area contributed by atoms with Crippen molar-refractivity contribution in [3.8, 4) is 11.5 Å². The summed E-state index contributed by atoms with van der Waals surface area (Å²) in [6, 6.07) is 6.55. The summed E-state index contributed by atoms with van der Waals surface area (Å²) in [5, 5.41) is 2.87. The lowest BCUT2D eigenvalue weighted by Crippen LogP contribution is -2.40. The third-order valence-electron chi connectivity index (χ3n) is 4.34. The van der Waals surface area contributed by atoms with Crippen molar-refractivity contribution in [1.82, 2.24) is 14.5 Å². The van der Waals surface area contributed by atoms with Gasteiger partial charge in [-0.3, -0.25) is 18.7 Å². The smallest absolute Gasteiger partial charge is 0.331 e. The van der Waals surface area contributed by atoms with Gasteiger partial charge in [0.15, 0.2) is 11.5 Å². The van der Waals surface area contributed by atoms with Gasteiger partial charge in [0, 0.05) is 19.3 Å². The molecule has 1 unspecified atom stereocenters. The van der Waals surface area contributed by atoms with Gasteiger partial charge in [-0.2, -0.15) is 0 Å². The first-order valence-corrected chi connectivity index (χ1v) is 9.82. The average molecular weight is 403 g/mol. The molecule has 1 aromatic carbocycles. The fourth-order valence-corrected chi connectivity index (χ4v) is 2.71. The number of ether oxygens (including phenoxy) is 2. The van der Waals surface area contributed by atoms with Crippen LogP contribution in [-0.2, 0) is 18.4 Å². The SMILES string of the molecule is CCCOc1ccc(C(C)NC(=O)Cn2ccc(=O)n(C)c2=O)cc1OCCC. The summed E-state index contributed by atoms with van der Waals surface area (Å²) in [6.45, 7) is 6.92. The van der Waals surface area contributed by atoms with Gasteiger partial charge in [0.05, 0.1) is 19.3 Å². The Morgan fingerprint density at radius 1 is 1.07 bits per heavy atom. The van der Waals surface area contributed by atoms with Gasteiger partial charge in [0.2, 0.25) is 5.91 Å². The normalized spacial score (nSPS) is 11.7. The number of carbonyl (C=O) groups is 1. The van der Waals surface area contributed by atoms with Crippen LogP contribution >= 0.6 is 0 Å². The van der Waals surface area contributed by atoms with Crippen LogP contribution < -0.4 is 26.0 Å². The van der Waals surface area contributed by atoms with Gasteiger partial charge in [0.1, 0.15) is 6.54 Å². The number of nitrogens with zero attached hydrogens (tertiary/aromatic N) is 2. The molecule has 2 aromatic rings. The molecule has 158 valence electrons. The Balaban J connectivity index is 2.11. The molecule has 0 aliphatic heterocycles. The lowest BCUT2D eigenvalue weighted by Gasteiger charge is -2.18. The van der Waals surface area contributed by atoms with E-state index < -0.39 is 11.2 Å². The number of nitrogens with one attached hydrogen (secondary N) is 1. The Morgan fingerprint density at radius 2 is 1.72 bits per heavy atom. The molecule has 0 aliphatic carbocycles. The number of rotatable bonds is 10. The molecule has 2 rings (SSSR count). The van der Waals surface area contributed by atoms with Gasteiger partial charge in [-0.05, 0) is 37.5 Å². The lowest BCUT2D eigenvalue weighted by molar-refractivity contribution is -0.122. The molecule has 0 fully saturated rings. The molecule has 1 heterocycles. The molecule has 0 spiro atoms. The van der Waals surface area contributed by atoms with Crippen LogP contribution in [-0.4, -0.2) is 28.3 Å². The fourth-order valence-electron chi connectivity index (χ4n) is 2.71. The van der Waals surface area contributed by atoms with E-state index in [1.54, 1.807) is 0 Å². The number of hydrogen-bond acceptors (Lipinski definition) is 5. The molecule has 1 aromatic heterocycles. The first kappa shape index (κ1) is 22.3. The highest BCUT2D eigenvalue weighted by Gasteiger charge is 2.14. The second-order valence-corrected chi connectivity index (χ2v) is 6.82. The predicted molar refractivity (Wildman–Crippen MR) is 111 cm³/mol. The Bertz CT molecular complexity index is 948. The van der Waals surface area contributed by atoms with E-state index in [-0.39, 0.29) is 18.5 Å². The second-order valence-electron chi connectivity index (χ2n) is 6.82. The van der Waals surface area contributed by atoms with Crippen LogP contribution in [0.4, 0.5) is 0 Å². The zero-order valence-electron chi connectivity index (χ0n) is 17.4. The first-order valence-electron chi connectivity index (χ1n) is 9.82. The van der Waals surface area contributed by atoms with Gasteiger partial charge in [-0.25, -0.2) is 4.79 Å². The quantitative estimate of drug-likeness (QED) is 0.655. The largest absolute Gasteiger partial charge is 0.490 e. The van der Waals surface area contributed by atoms with Crippen LogP contribution in [0.25, 0.3) is 0 Å². The molecule has 0 radical (unpaired) electrons. The molecular weight excluding hydrogens is 374 g/mol.